The van der Waals surface area contributed by atoms with Crippen molar-refractivity contribution in [1.82, 2.24) is 9.78 Å². The predicted molar refractivity (Wildman–Crippen MR) is 104 cm³/mol. The van der Waals surface area contributed by atoms with Crippen molar-refractivity contribution in [2.75, 3.05) is 19.5 Å². The average Bonchev–Trinajstić information content (AvgIpc) is 3.07. The molecular formula is C20H27N3O4. The maximum Gasteiger partial charge on any atom is 0.340 e. The third-order valence-corrected chi connectivity index (χ3v) is 4.08. The van der Waals surface area contributed by atoms with E-state index in [1.165, 1.54) is 20.3 Å². The van der Waals surface area contributed by atoms with Crippen molar-refractivity contribution in [2.24, 2.45) is 0 Å². The summed E-state index contributed by atoms with van der Waals surface area (Å²) in [6, 6.07) is 6.57. The molecule has 146 valence electrons. The molecule has 27 heavy (non-hydrogen) atoms. The Bertz CT molecular complexity index is 847. The van der Waals surface area contributed by atoms with E-state index in [1.807, 2.05) is 25.5 Å². The fraction of sp³-hybridized carbons (Fsp3) is 0.450. The first-order valence-corrected chi connectivity index (χ1v) is 8.76. The second kappa shape index (κ2) is 7.82. The minimum absolute atomic E-state index is 0.213. The Hall–Kier alpha value is -2.83. The molecule has 1 N–H and O–H groups in total. The van der Waals surface area contributed by atoms with Crippen LogP contribution in [-0.4, -0.2) is 35.9 Å². The first kappa shape index (κ1) is 20.5. The van der Waals surface area contributed by atoms with Crippen LogP contribution in [0.5, 0.6) is 5.75 Å². The predicted octanol–water partition coefficient (Wildman–Crippen LogP) is 3.81. The summed E-state index contributed by atoms with van der Waals surface area (Å²) in [5, 5.41) is 7.24. The fourth-order valence-corrected chi connectivity index (χ4v) is 2.68. The van der Waals surface area contributed by atoms with Crippen molar-refractivity contribution in [3.8, 4) is 5.75 Å². The molecule has 0 bridgehead atoms. The summed E-state index contributed by atoms with van der Waals surface area (Å²) in [7, 11) is 2.79. The van der Waals surface area contributed by atoms with Crippen LogP contribution in [0.15, 0.2) is 24.3 Å². The number of hydrogen-bond acceptors (Lipinski definition) is 5. The summed E-state index contributed by atoms with van der Waals surface area (Å²) in [6.45, 7) is 10.2. The monoisotopic (exact) mass is 373 g/mol. The molecule has 7 nitrogen and oxygen atoms in total. The van der Waals surface area contributed by atoms with Crippen LogP contribution in [0.2, 0.25) is 0 Å². The van der Waals surface area contributed by atoms with Gasteiger partial charge in [-0.05, 0) is 51.0 Å². The van der Waals surface area contributed by atoms with Crippen LogP contribution in [0.3, 0.4) is 0 Å². The normalized spacial score (nSPS) is 11.4. The number of aromatic nitrogens is 2. The Balaban J connectivity index is 2.39. The highest BCUT2D eigenvalue weighted by Crippen LogP contribution is 2.26. The zero-order chi connectivity index (χ0) is 20.4. The van der Waals surface area contributed by atoms with Crippen LogP contribution in [0.1, 0.15) is 67.1 Å². The van der Waals surface area contributed by atoms with Gasteiger partial charge in [0.1, 0.15) is 5.75 Å². The molecule has 0 spiro atoms. The van der Waals surface area contributed by atoms with Gasteiger partial charge in [0.05, 0.1) is 31.0 Å². The number of amides is 1. The summed E-state index contributed by atoms with van der Waals surface area (Å²) in [6.07, 6.45) is 0. The van der Waals surface area contributed by atoms with Gasteiger partial charge >= 0.3 is 5.97 Å². The van der Waals surface area contributed by atoms with Gasteiger partial charge in [0.25, 0.3) is 5.91 Å². The lowest BCUT2D eigenvalue weighted by Gasteiger charge is -2.23. The van der Waals surface area contributed by atoms with Crippen molar-refractivity contribution < 1.29 is 19.1 Å². The topological polar surface area (TPSA) is 82.5 Å². The highest BCUT2D eigenvalue weighted by atomic mass is 16.5. The van der Waals surface area contributed by atoms with Gasteiger partial charge in [-0.2, -0.15) is 5.10 Å². The van der Waals surface area contributed by atoms with Gasteiger partial charge < -0.3 is 14.8 Å². The molecule has 2 aromatic rings. The van der Waals surface area contributed by atoms with Crippen LogP contribution in [0, 0.1) is 0 Å². The fourth-order valence-electron chi connectivity index (χ4n) is 2.68. The number of hydrogen-bond donors (Lipinski definition) is 1. The third kappa shape index (κ3) is 4.48. The molecule has 2 rings (SSSR count). The molecular weight excluding hydrogens is 346 g/mol. The zero-order valence-electron chi connectivity index (χ0n) is 16.9. The van der Waals surface area contributed by atoms with Gasteiger partial charge in [-0.1, -0.05) is 13.8 Å². The van der Waals surface area contributed by atoms with E-state index in [0.717, 1.165) is 5.69 Å². The summed E-state index contributed by atoms with van der Waals surface area (Å²) in [5.41, 5.74) is 1.56. The number of nitrogens with zero attached hydrogens (tertiary/aromatic N) is 2. The summed E-state index contributed by atoms with van der Waals surface area (Å²) >= 11 is 0. The quantitative estimate of drug-likeness (QED) is 0.806. The van der Waals surface area contributed by atoms with E-state index >= 15 is 0 Å². The van der Waals surface area contributed by atoms with Crippen LogP contribution < -0.4 is 10.1 Å². The summed E-state index contributed by atoms with van der Waals surface area (Å²) in [4.78, 5) is 24.8. The molecule has 0 fully saturated rings. The van der Waals surface area contributed by atoms with Crippen LogP contribution in [0.4, 0.5) is 5.69 Å². The molecule has 0 saturated carbocycles. The van der Waals surface area contributed by atoms with E-state index in [9.17, 15) is 9.59 Å². The van der Waals surface area contributed by atoms with Crippen LogP contribution in [-0.2, 0) is 10.3 Å². The average molecular weight is 373 g/mol. The molecule has 1 aromatic carbocycles. The maximum atomic E-state index is 12.8. The van der Waals surface area contributed by atoms with Crippen molar-refractivity contribution in [2.45, 2.75) is 46.1 Å². The molecule has 0 saturated heterocycles. The van der Waals surface area contributed by atoms with E-state index < -0.39 is 11.9 Å². The molecule has 0 atom stereocenters. The number of methoxy groups -OCH3 is 2. The summed E-state index contributed by atoms with van der Waals surface area (Å²) < 4.78 is 11.8. The standard InChI is InChI=1S/C20H27N3O4/c1-12(2)17-11-16(22-23(17)20(3,4)5)18(24)21-15-9-8-13(26-6)10-14(15)19(25)27-7/h8-12H,1-7H3,(H,21,24). The van der Waals surface area contributed by atoms with Gasteiger partial charge in [-0.3, -0.25) is 9.48 Å². The van der Waals surface area contributed by atoms with Crippen molar-refractivity contribution in [1.29, 1.82) is 0 Å². The smallest absolute Gasteiger partial charge is 0.340 e. The van der Waals surface area contributed by atoms with Gasteiger partial charge in [0.2, 0.25) is 0 Å². The number of rotatable bonds is 5. The molecule has 0 aliphatic carbocycles. The van der Waals surface area contributed by atoms with E-state index in [4.69, 9.17) is 9.47 Å². The van der Waals surface area contributed by atoms with Gasteiger partial charge in [-0.15, -0.1) is 0 Å². The lowest BCUT2D eigenvalue weighted by atomic mass is 10.1. The van der Waals surface area contributed by atoms with E-state index in [1.54, 1.807) is 18.2 Å². The van der Waals surface area contributed by atoms with E-state index in [2.05, 4.69) is 24.3 Å². The second-order valence-electron chi connectivity index (χ2n) is 7.55. The number of ether oxygens (including phenoxy) is 2. The molecule has 0 aliphatic rings. The molecule has 1 amide bonds. The SMILES string of the molecule is COC(=O)c1cc(OC)ccc1NC(=O)c1cc(C(C)C)n(C(C)(C)C)n1. The lowest BCUT2D eigenvalue weighted by Crippen LogP contribution is -2.26. The number of carbonyl (C=O) groups is 2. The Morgan fingerprint density at radius 3 is 2.30 bits per heavy atom. The number of nitrogens with one attached hydrogen (secondary N) is 1. The van der Waals surface area contributed by atoms with Gasteiger partial charge in [0.15, 0.2) is 5.69 Å². The van der Waals surface area contributed by atoms with Crippen molar-refractivity contribution >= 4 is 17.6 Å². The maximum absolute atomic E-state index is 12.8. The Kier molecular flexibility index (Phi) is 5.93. The number of benzene rings is 1. The minimum atomic E-state index is -0.563. The van der Waals surface area contributed by atoms with Crippen molar-refractivity contribution in [3.05, 3.63) is 41.2 Å². The Morgan fingerprint density at radius 2 is 1.81 bits per heavy atom. The van der Waals surface area contributed by atoms with Crippen LogP contribution >= 0.6 is 0 Å². The number of anilines is 1. The lowest BCUT2D eigenvalue weighted by molar-refractivity contribution is 0.0601. The largest absolute Gasteiger partial charge is 0.497 e. The summed E-state index contributed by atoms with van der Waals surface area (Å²) in [5.74, 6) is -0.250. The molecule has 1 heterocycles. The second-order valence-corrected chi connectivity index (χ2v) is 7.55. The molecule has 0 unspecified atom stereocenters. The first-order chi connectivity index (χ1) is 12.6. The minimum Gasteiger partial charge on any atom is -0.497 e. The van der Waals surface area contributed by atoms with Crippen molar-refractivity contribution in [3.63, 3.8) is 0 Å². The molecule has 0 aliphatic heterocycles. The highest BCUT2D eigenvalue weighted by Gasteiger charge is 2.24. The number of carbonyl (C=O) groups excluding carboxylic acids is 2. The molecule has 0 radical (unpaired) electrons. The van der Waals surface area contributed by atoms with Crippen LogP contribution in [0.25, 0.3) is 0 Å². The first-order valence-electron chi connectivity index (χ1n) is 8.76. The Labute approximate surface area is 159 Å². The molecule has 7 heteroatoms. The van der Waals surface area contributed by atoms with Gasteiger partial charge in [-0.25, -0.2) is 4.79 Å². The van der Waals surface area contributed by atoms with E-state index in [-0.39, 0.29) is 17.0 Å². The van der Waals surface area contributed by atoms with Gasteiger partial charge in [0, 0.05) is 5.69 Å². The molecule has 1 aromatic heterocycles. The Morgan fingerprint density at radius 1 is 1.15 bits per heavy atom. The number of esters is 1. The zero-order valence-corrected chi connectivity index (χ0v) is 16.9. The highest BCUT2D eigenvalue weighted by molar-refractivity contribution is 6.07. The third-order valence-electron chi connectivity index (χ3n) is 4.08. The van der Waals surface area contributed by atoms with E-state index in [0.29, 0.717) is 17.1 Å².